The van der Waals surface area contributed by atoms with E-state index >= 15 is 0 Å². The van der Waals surface area contributed by atoms with Gasteiger partial charge in [-0.2, -0.15) is 0 Å². The molecule has 0 fully saturated rings. The highest BCUT2D eigenvalue weighted by atomic mass is 16.6. The Morgan fingerprint density at radius 2 is 0.967 bits per heavy atom. The summed E-state index contributed by atoms with van der Waals surface area (Å²) in [6.07, 6.45) is 0. The lowest BCUT2D eigenvalue weighted by molar-refractivity contribution is 0.0716. The van der Waals surface area contributed by atoms with Crippen molar-refractivity contribution in [1.29, 1.82) is 0 Å². The van der Waals surface area contributed by atoms with Gasteiger partial charge in [-0.1, -0.05) is 0 Å². The van der Waals surface area contributed by atoms with Gasteiger partial charge in [-0.3, -0.25) is 0 Å². The van der Waals surface area contributed by atoms with Crippen LogP contribution in [0.25, 0.3) is 0 Å². The smallest absolute Gasteiger partial charge is 0.343 e. The van der Waals surface area contributed by atoms with Crippen LogP contribution in [-0.4, -0.2) is 26.2 Å². The van der Waals surface area contributed by atoms with E-state index in [1.807, 2.05) is 0 Å². The Hall–Kier alpha value is -4.20. The fraction of sp³-hybridized carbons (Fsp3) is 0.0909. The summed E-state index contributed by atoms with van der Waals surface area (Å²) in [5, 5.41) is 0. The molecule has 0 atom stereocenters. The van der Waals surface area contributed by atoms with Gasteiger partial charge in [0.05, 0.1) is 25.3 Å². The van der Waals surface area contributed by atoms with Crippen LogP contribution in [-0.2, 0) is 0 Å². The topological polar surface area (TPSA) is 123 Å². The fourth-order valence-electron chi connectivity index (χ4n) is 2.60. The quantitative estimate of drug-likeness (QED) is 0.362. The molecule has 0 aliphatic carbocycles. The first kappa shape index (κ1) is 20.5. The van der Waals surface area contributed by atoms with Crippen molar-refractivity contribution in [3.05, 3.63) is 71.8 Å². The highest BCUT2D eigenvalue weighted by molar-refractivity contribution is 5.95. The molecule has 0 aromatic heterocycles. The molecule has 0 unspecified atom stereocenters. The van der Waals surface area contributed by atoms with Crippen LogP contribution in [0.4, 0.5) is 11.4 Å². The number of methoxy groups -OCH3 is 2. The number of hydrogen-bond donors (Lipinski definition) is 2. The molecule has 8 nitrogen and oxygen atoms in total. The molecule has 3 aromatic carbocycles. The molecule has 0 radical (unpaired) electrons. The lowest BCUT2D eigenvalue weighted by Gasteiger charge is -2.11. The molecule has 30 heavy (non-hydrogen) atoms. The number of rotatable bonds is 6. The second kappa shape index (κ2) is 8.87. The molecular formula is C22H20N2O6. The van der Waals surface area contributed by atoms with Crippen LogP contribution in [0.5, 0.6) is 23.0 Å². The predicted octanol–water partition coefficient (Wildman–Crippen LogP) is 3.31. The number of esters is 2. The van der Waals surface area contributed by atoms with E-state index in [0.717, 1.165) is 0 Å². The summed E-state index contributed by atoms with van der Waals surface area (Å²) in [6, 6.07) is 15.2. The van der Waals surface area contributed by atoms with Crippen LogP contribution in [0.1, 0.15) is 20.7 Å². The number of nitrogen functional groups attached to an aromatic ring is 2. The first-order chi connectivity index (χ1) is 14.4. The third-order valence-electron chi connectivity index (χ3n) is 4.14. The molecule has 0 saturated carbocycles. The molecule has 0 bridgehead atoms. The third-order valence-corrected chi connectivity index (χ3v) is 4.14. The monoisotopic (exact) mass is 408 g/mol. The second-order valence-electron chi connectivity index (χ2n) is 6.18. The normalized spacial score (nSPS) is 10.2. The summed E-state index contributed by atoms with van der Waals surface area (Å²) >= 11 is 0. The maximum Gasteiger partial charge on any atom is 0.343 e. The molecule has 0 aliphatic heterocycles. The van der Waals surface area contributed by atoms with Gasteiger partial charge >= 0.3 is 11.9 Å². The molecule has 3 rings (SSSR count). The van der Waals surface area contributed by atoms with Crippen molar-refractivity contribution in [1.82, 2.24) is 0 Å². The molecule has 0 heterocycles. The number of carbonyl (C=O) groups excluding carboxylic acids is 2. The SMILES string of the molecule is COc1cc(N)ccc1OC(=O)c1ccc(C(=O)Oc2ccc(N)cc2OC)cc1. The van der Waals surface area contributed by atoms with Gasteiger partial charge in [-0.25, -0.2) is 9.59 Å². The van der Waals surface area contributed by atoms with Crippen molar-refractivity contribution in [3.63, 3.8) is 0 Å². The Morgan fingerprint density at radius 1 is 0.600 bits per heavy atom. The lowest BCUT2D eigenvalue weighted by atomic mass is 10.1. The predicted molar refractivity (Wildman–Crippen MR) is 111 cm³/mol. The molecule has 0 saturated heterocycles. The van der Waals surface area contributed by atoms with Crippen LogP contribution in [0.2, 0.25) is 0 Å². The van der Waals surface area contributed by atoms with Crippen LogP contribution < -0.4 is 30.4 Å². The van der Waals surface area contributed by atoms with Gasteiger partial charge in [0.25, 0.3) is 0 Å². The number of anilines is 2. The molecular weight excluding hydrogens is 388 g/mol. The van der Waals surface area contributed by atoms with E-state index in [1.165, 1.54) is 50.6 Å². The van der Waals surface area contributed by atoms with Crippen LogP contribution >= 0.6 is 0 Å². The Balaban J connectivity index is 1.71. The van der Waals surface area contributed by atoms with Gasteiger partial charge < -0.3 is 30.4 Å². The van der Waals surface area contributed by atoms with Crippen molar-refractivity contribution >= 4 is 23.3 Å². The first-order valence-electron chi connectivity index (χ1n) is 8.82. The molecule has 0 spiro atoms. The van der Waals surface area contributed by atoms with Gasteiger partial charge in [-0.05, 0) is 48.5 Å². The highest BCUT2D eigenvalue weighted by Crippen LogP contribution is 2.31. The molecule has 3 aromatic rings. The number of carbonyl (C=O) groups is 2. The highest BCUT2D eigenvalue weighted by Gasteiger charge is 2.16. The number of nitrogens with two attached hydrogens (primary N) is 2. The minimum atomic E-state index is -0.613. The van der Waals surface area contributed by atoms with E-state index in [-0.39, 0.29) is 22.6 Å². The summed E-state index contributed by atoms with van der Waals surface area (Å²) < 4.78 is 21.0. The molecule has 8 heteroatoms. The van der Waals surface area contributed by atoms with E-state index in [2.05, 4.69) is 0 Å². The van der Waals surface area contributed by atoms with Crippen molar-refractivity contribution in [2.45, 2.75) is 0 Å². The number of ether oxygens (including phenoxy) is 4. The van der Waals surface area contributed by atoms with Crippen LogP contribution in [0.3, 0.4) is 0 Å². The number of benzene rings is 3. The summed E-state index contributed by atoms with van der Waals surface area (Å²) in [4.78, 5) is 24.8. The van der Waals surface area contributed by atoms with E-state index in [9.17, 15) is 9.59 Å². The average molecular weight is 408 g/mol. The van der Waals surface area contributed by atoms with E-state index in [4.69, 9.17) is 30.4 Å². The lowest BCUT2D eigenvalue weighted by Crippen LogP contribution is -2.12. The Bertz CT molecular complexity index is 993. The van der Waals surface area contributed by atoms with Gasteiger partial charge in [0.15, 0.2) is 23.0 Å². The Labute approximate surface area is 172 Å². The standard InChI is InChI=1S/C22H20N2O6/c1-27-19-11-15(23)7-9-17(19)29-21(25)13-3-5-14(6-4-13)22(26)30-18-10-8-16(24)12-20(18)28-2/h3-12H,23-24H2,1-2H3. The maximum atomic E-state index is 12.4. The summed E-state index contributed by atoms with van der Waals surface area (Å²) in [6.45, 7) is 0. The maximum absolute atomic E-state index is 12.4. The van der Waals surface area contributed by atoms with Crippen LogP contribution in [0, 0.1) is 0 Å². The van der Waals surface area contributed by atoms with Crippen molar-refractivity contribution in [3.8, 4) is 23.0 Å². The molecule has 0 aliphatic rings. The van der Waals surface area contributed by atoms with E-state index in [0.29, 0.717) is 22.9 Å². The van der Waals surface area contributed by atoms with Gasteiger partial charge in [-0.15, -0.1) is 0 Å². The first-order valence-corrected chi connectivity index (χ1v) is 8.82. The fourth-order valence-corrected chi connectivity index (χ4v) is 2.60. The summed E-state index contributed by atoms with van der Waals surface area (Å²) in [5.41, 5.74) is 12.8. The van der Waals surface area contributed by atoms with Crippen LogP contribution in [0.15, 0.2) is 60.7 Å². The van der Waals surface area contributed by atoms with Gasteiger partial charge in [0.2, 0.25) is 0 Å². The van der Waals surface area contributed by atoms with Crippen molar-refractivity contribution in [2.24, 2.45) is 0 Å². The van der Waals surface area contributed by atoms with Crippen molar-refractivity contribution < 1.29 is 28.5 Å². The van der Waals surface area contributed by atoms with E-state index < -0.39 is 11.9 Å². The number of hydrogen-bond acceptors (Lipinski definition) is 8. The molecule has 154 valence electrons. The zero-order chi connectivity index (χ0) is 21.7. The zero-order valence-electron chi connectivity index (χ0n) is 16.4. The minimum Gasteiger partial charge on any atom is -0.493 e. The largest absolute Gasteiger partial charge is 0.493 e. The van der Waals surface area contributed by atoms with Crippen molar-refractivity contribution in [2.75, 3.05) is 25.7 Å². The minimum absolute atomic E-state index is 0.232. The average Bonchev–Trinajstić information content (AvgIpc) is 2.76. The summed E-state index contributed by atoms with van der Waals surface area (Å²) in [5.74, 6) is -0.0929. The third kappa shape index (κ3) is 4.61. The van der Waals surface area contributed by atoms with Gasteiger partial charge in [0, 0.05) is 23.5 Å². The molecule has 4 N–H and O–H groups in total. The second-order valence-corrected chi connectivity index (χ2v) is 6.18. The van der Waals surface area contributed by atoms with E-state index in [1.54, 1.807) is 24.3 Å². The van der Waals surface area contributed by atoms with Gasteiger partial charge in [0.1, 0.15) is 0 Å². The summed E-state index contributed by atoms with van der Waals surface area (Å²) in [7, 11) is 2.89. The molecule has 0 amide bonds. The Kier molecular flexibility index (Phi) is 6.07. The zero-order valence-corrected chi connectivity index (χ0v) is 16.4. The Morgan fingerprint density at radius 3 is 1.30 bits per heavy atom.